The molecule has 1 aromatic heterocycles. The zero-order valence-corrected chi connectivity index (χ0v) is 23.1. The molecule has 0 amide bonds. The first-order valence-corrected chi connectivity index (χ1v) is 11.9. The van der Waals surface area contributed by atoms with Crippen LogP contribution in [0.25, 0.3) is 16.7 Å². The number of para-hydroxylation sites is 1. The van der Waals surface area contributed by atoms with Gasteiger partial charge in [0.1, 0.15) is 30.2 Å². The standard InChI is InChI=1S/C27H23F2N3O5.Na/c1-3-34-27-31-19-10-9-18(28)24(29)25(19)32(27)21-6-4-5-16-20(12-36-26(16)21)30-15-7-8-17-22(11-15)35-13-23(17)37-14(2)33;/h4-11,20,23,30H,3,12-13H2,1-2H3;/t20-,23-;/m1./s1. The maximum absolute atomic E-state index is 14.9. The number of aromatic nitrogens is 2. The van der Waals surface area contributed by atoms with Crippen LogP contribution in [0.15, 0.2) is 48.5 Å². The van der Waals surface area contributed by atoms with Crippen LogP contribution in [0.1, 0.15) is 37.1 Å². The first-order chi connectivity index (χ1) is 17.9. The number of nitrogens with zero attached hydrogens (tertiary/aromatic N) is 2. The zero-order valence-electron chi connectivity index (χ0n) is 21.1. The molecule has 2 atom stereocenters. The number of rotatable bonds is 6. The van der Waals surface area contributed by atoms with Crippen molar-refractivity contribution in [3.8, 4) is 23.2 Å². The summed E-state index contributed by atoms with van der Waals surface area (Å²) in [5.74, 6) is -1.17. The molecular weight excluding hydrogens is 507 g/mol. The molecule has 2 aliphatic heterocycles. The van der Waals surface area contributed by atoms with E-state index in [4.69, 9.17) is 18.9 Å². The van der Waals surface area contributed by atoms with Gasteiger partial charge in [-0.05, 0) is 37.3 Å². The SMILES string of the molecule is CCOc1nc2ccc(F)c(F)c2n1-c1cccc2c1OC[C@H]2Nc1ccc2c(c1)OC[C@H]2OC(C)=O.[Na]. The monoisotopic (exact) mass is 530 g/mol. The first-order valence-electron chi connectivity index (χ1n) is 11.9. The van der Waals surface area contributed by atoms with Gasteiger partial charge >= 0.3 is 12.0 Å². The van der Waals surface area contributed by atoms with Gasteiger partial charge in [0.05, 0.1) is 23.9 Å². The van der Waals surface area contributed by atoms with Gasteiger partial charge in [-0.3, -0.25) is 9.36 Å². The molecule has 0 bridgehead atoms. The second-order valence-electron chi connectivity index (χ2n) is 8.76. The van der Waals surface area contributed by atoms with Crippen molar-refractivity contribution in [1.82, 2.24) is 9.55 Å². The summed E-state index contributed by atoms with van der Waals surface area (Å²) in [7, 11) is 0. The smallest absolute Gasteiger partial charge is 0.303 e. The minimum Gasteiger partial charge on any atom is -0.489 e. The van der Waals surface area contributed by atoms with Gasteiger partial charge in [0.2, 0.25) is 0 Å². The minimum absolute atomic E-state index is 0. The number of carbonyl (C=O) groups is 1. The first kappa shape index (κ1) is 26.3. The minimum atomic E-state index is -1.01. The molecule has 4 aromatic rings. The number of fused-ring (bicyclic) bond motifs is 3. The second-order valence-corrected chi connectivity index (χ2v) is 8.76. The van der Waals surface area contributed by atoms with Crippen LogP contribution in [0.4, 0.5) is 14.5 Å². The van der Waals surface area contributed by atoms with E-state index in [9.17, 15) is 13.6 Å². The second kappa shape index (κ2) is 10.4. The average Bonchev–Trinajstić information content (AvgIpc) is 3.57. The number of hydrogen-bond acceptors (Lipinski definition) is 7. The maximum atomic E-state index is 14.9. The molecule has 11 heteroatoms. The summed E-state index contributed by atoms with van der Waals surface area (Å²) in [5.41, 5.74) is 3.21. The van der Waals surface area contributed by atoms with E-state index in [2.05, 4.69) is 10.3 Å². The molecular formula is C27H23F2N3NaO5. The summed E-state index contributed by atoms with van der Waals surface area (Å²) in [6.45, 7) is 4.05. The fourth-order valence-corrected chi connectivity index (χ4v) is 4.83. The van der Waals surface area contributed by atoms with Gasteiger partial charge in [0.15, 0.2) is 17.7 Å². The van der Waals surface area contributed by atoms with Gasteiger partial charge < -0.3 is 24.3 Å². The third-order valence-electron chi connectivity index (χ3n) is 6.39. The van der Waals surface area contributed by atoms with Crippen LogP contribution in [0.3, 0.4) is 0 Å². The predicted octanol–water partition coefficient (Wildman–Crippen LogP) is 4.86. The normalized spacial score (nSPS) is 17.2. The molecule has 191 valence electrons. The van der Waals surface area contributed by atoms with E-state index in [1.54, 1.807) is 13.0 Å². The Morgan fingerprint density at radius 2 is 1.97 bits per heavy atom. The van der Waals surface area contributed by atoms with Crippen molar-refractivity contribution in [2.75, 3.05) is 25.1 Å². The molecule has 38 heavy (non-hydrogen) atoms. The Hall–Kier alpha value is -3.34. The number of ether oxygens (including phenoxy) is 4. The summed E-state index contributed by atoms with van der Waals surface area (Å²) >= 11 is 0. The Bertz CT molecular complexity index is 1540. The van der Waals surface area contributed by atoms with Gasteiger partial charge in [-0.2, -0.15) is 4.98 Å². The molecule has 0 saturated carbocycles. The van der Waals surface area contributed by atoms with Crippen LogP contribution < -0.4 is 19.5 Å². The van der Waals surface area contributed by atoms with Crippen LogP contribution in [-0.4, -0.2) is 64.9 Å². The summed E-state index contributed by atoms with van der Waals surface area (Å²) in [4.78, 5) is 15.7. The van der Waals surface area contributed by atoms with Crippen LogP contribution >= 0.6 is 0 Å². The number of nitrogens with one attached hydrogen (secondary N) is 1. The Balaban J connectivity index is 0.00000294. The number of hydrogen-bond donors (Lipinski definition) is 1. The van der Waals surface area contributed by atoms with E-state index in [1.165, 1.54) is 17.6 Å². The molecule has 3 aromatic carbocycles. The number of anilines is 1. The Kier molecular flexibility index (Phi) is 7.21. The van der Waals surface area contributed by atoms with Crippen molar-refractivity contribution >= 4 is 52.2 Å². The summed E-state index contributed by atoms with van der Waals surface area (Å²) in [6.07, 6.45) is -0.422. The number of imidazole rings is 1. The van der Waals surface area contributed by atoms with Crippen LogP contribution in [-0.2, 0) is 9.53 Å². The van der Waals surface area contributed by atoms with Crippen molar-refractivity contribution in [2.45, 2.75) is 26.0 Å². The molecule has 2 aliphatic rings. The Morgan fingerprint density at radius 1 is 1.13 bits per heavy atom. The van der Waals surface area contributed by atoms with Gasteiger partial charge in [0.25, 0.3) is 0 Å². The van der Waals surface area contributed by atoms with Gasteiger partial charge in [0, 0.05) is 59.4 Å². The van der Waals surface area contributed by atoms with Crippen molar-refractivity contribution in [2.24, 2.45) is 0 Å². The number of carbonyl (C=O) groups excluding carboxylic acids is 1. The molecule has 8 nitrogen and oxygen atoms in total. The van der Waals surface area contributed by atoms with Crippen molar-refractivity contribution in [3.05, 3.63) is 71.3 Å². The fraction of sp³-hybridized carbons (Fsp3) is 0.259. The molecule has 3 heterocycles. The van der Waals surface area contributed by atoms with E-state index in [0.29, 0.717) is 30.4 Å². The predicted molar refractivity (Wildman–Crippen MR) is 136 cm³/mol. The third kappa shape index (κ3) is 4.46. The van der Waals surface area contributed by atoms with E-state index >= 15 is 0 Å². The molecule has 1 N–H and O–H groups in total. The summed E-state index contributed by atoms with van der Waals surface area (Å²) < 4.78 is 53.3. The van der Waals surface area contributed by atoms with Gasteiger partial charge in [-0.15, -0.1) is 0 Å². The molecule has 0 fully saturated rings. The molecule has 1 radical (unpaired) electrons. The molecule has 0 aliphatic carbocycles. The number of benzene rings is 3. The fourth-order valence-electron chi connectivity index (χ4n) is 4.83. The average molecular weight is 530 g/mol. The van der Waals surface area contributed by atoms with E-state index < -0.39 is 17.7 Å². The quantitative estimate of drug-likeness (QED) is 0.282. The van der Waals surface area contributed by atoms with E-state index in [-0.39, 0.29) is 65.2 Å². The molecule has 0 spiro atoms. The zero-order chi connectivity index (χ0) is 25.7. The number of esters is 1. The van der Waals surface area contributed by atoms with Crippen molar-refractivity contribution in [3.63, 3.8) is 0 Å². The van der Waals surface area contributed by atoms with E-state index in [1.807, 2.05) is 30.3 Å². The molecule has 6 rings (SSSR count). The Labute approximate surface area is 239 Å². The van der Waals surface area contributed by atoms with Crippen molar-refractivity contribution in [1.29, 1.82) is 0 Å². The molecule has 0 saturated heterocycles. The summed E-state index contributed by atoms with van der Waals surface area (Å²) in [5, 5.41) is 3.45. The van der Waals surface area contributed by atoms with Crippen molar-refractivity contribution < 1.29 is 32.5 Å². The topological polar surface area (TPSA) is 83.8 Å². The van der Waals surface area contributed by atoms with Crippen LogP contribution in [0.2, 0.25) is 0 Å². The van der Waals surface area contributed by atoms with Gasteiger partial charge in [-0.25, -0.2) is 8.78 Å². The third-order valence-corrected chi connectivity index (χ3v) is 6.39. The maximum Gasteiger partial charge on any atom is 0.303 e. The van der Waals surface area contributed by atoms with Crippen LogP contribution in [0.5, 0.6) is 17.5 Å². The largest absolute Gasteiger partial charge is 0.489 e. The molecule has 0 unspecified atom stereocenters. The van der Waals surface area contributed by atoms with Crippen LogP contribution in [0, 0.1) is 11.6 Å². The van der Waals surface area contributed by atoms with Gasteiger partial charge in [-0.1, -0.05) is 12.1 Å². The summed E-state index contributed by atoms with van der Waals surface area (Å²) in [6, 6.07) is 13.5. The Morgan fingerprint density at radius 3 is 2.76 bits per heavy atom. The number of halogens is 2. The van der Waals surface area contributed by atoms with E-state index in [0.717, 1.165) is 22.9 Å².